The first kappa shape index (κ1) is 33.3. The Kier molecular flexibility index (Phi) is 8.13. The molecule has 8 rings (SSSR count). The fourth-order valence-corrected chi connectivity index (χ4v) is 9.25. The summed E-state index contributed by atoms with van der Waals surface area (Å²) in [5.74, 6) is -2.77. The zero-order valence-corrected chi connectivity index (χ0v) is 26.9. The maximum absolute atomic E-state index is 14.0. The van der Waals surface area contributed by atoms with Gasteiger partial charge in [0.15, 0.2) is 23.7 Å². The third kappa shape index (κ3) is 4.98. The van der Waals surface area contributed by atoms with E-state index in [4.69, 9.17) is 29.9 Å². The third-order valence-electron chi connectivity index (χ3n) is 11.6. The molecule has 2 aromatic rings. The molecule has 3 aliphatic heterocycles. The number of amides is 1. The van der Waals surface area contributed by atoms with E-state index in [-0.39, 0.29) is 36.1 Å². The summed E-state index contributed by atoms with van der Waals surface area (Å²) in [6.45, 7) is 1.86. The number of aliphatic hydroxyl groups is 3. The molecule has 2 saturated carbocycles. The first-order valence-corrected chi connectivity index (χ1v) is 16.6. The highest BCUT2D eigenvalue weighted by Gasteiger charge is 2.74. The van der Waals surface area contributed by atoms with Crippen LogP contribution in [0.2, 0.25) is 0 Å². The summed E-state index contributed by atoms with van der Waals surface area (Å²) >= 11 is 0. The number of piperidine rings is 1. The Morgan fingerprint density at radius 3 is 2.37 bits per heavy atom. The topological polar surface area (TPSA) is 215 Å². The molecule has 1 saturated heterocycles. The number of methoxy groups -OCH3 is 1. The number of carboxylic acid groups (broad SMARTS) is 2. The van der Waals surface area contributed by atoms with E-state index in [1.807, 2.05) is 35.2 Å². The Labute approximate surface area is 281 Å². The number of aromatic hydroxyl groups is 1. The molecule has 1 spiro atoms. The number of aliphatic carboxylic acids is 2. The van der Waals surface area contributed by atoms with Crippen LogP contribution < -0.4 is 4.74 Å². The van der Waals surface area contributed by atoms with E-state index < -0.39 is 47.3 Å². The first-order chi connectivity index (χ1) is 23.3. The number of aliphatic hydroxyl groups excluding tert-OH is 2. The van der Waals surface area contributed by atoms with Crippen molar-refractivity contribution in [2.75, 3.05) is 20.2 Å². The first-order valence-electron chi connectivity index (χ1n) is 16.6. The fraction of sp³-hybridized carbons (Fsp3) is 0.543. The van der Waals surface area contributed by atoms with Crippen LogP contribution in [0.15, 0.2) is 36.4 Å². The van der Waals surface area contributed by atoms with Gasteiger partial charge in [0.2, 0.25) is 0 Å². The van der Waals surface area contributed by atoms with Gasteiger partial charge in [0, 0.05) is 23.7 Å². The van der Waals surface area contributed by atoms with Crippen molar-refractivity contribution in [3.05, 3.63) is 58.7 Å². The van der Waals surface area contributed by atoms with Gasteiger partial charge >= 0.3 is 17.9 Å². The number of hydrogen-bond acceptors (Lipinski definition) is 11. The Bertz CT molecular complexity index is 1690. The van der Waals surface area contributed by atoms with Gasteiger partial charge in [-0.2, -0.15) is 0 Å². The quantitative estimate of drug-likeness (QED) is 0.215. The molecule has 2 bridgehead atoms. The molecule has 3 fully saturated rings. The molecule has 3 unspecified atom stereocenters. The van der Waals surface area contributed by atoms with E-state index >= 15 is 0 Å². The molecule has 8 atom stereocenters. The second-order valence-corrected chi connectivity index (χ2v) is 14.1. The number of carbonyl (C=O) groups is 4. The molecule has 2 aromatic carbocycles. The lowest BCUT2D eigenvalue weighted by Gasteiger charge is -2.65. The smallest absolute Gasteiger partial charge is 0.335 e. The van der Waals surface area contributed by atoms with Crippen molar-refractivity contribution in [3.8, 4) is 11.5 Å². The van der Waals surface area contributed by atoms with Crippen LogP contribution in [0.25, 0.3) is 0 Å². The second-order valence-electron chi connectivity index (χ2n) is 14.1. The van der Waals surface area contributed by atoms with Crippen LogP contribution in [0.4, 0.5) is 0 Å². The number of rotatable bonds is 8. The summed E-state index contributed by atoms with van der Waals surface area (Å²) < 4.78 is 11.8. The van der Waals surface area contributed by atoms with Crippen LogP contribution in [0, 0.1) is 5.92 Å². The lowest BCUT2D eigenvalue weighted by atomic mass is 9.48. The normalized spacial score (nSPS) is 31.8. The second kappa shape index (κ2) is 12.0. The SMILES string of the molecule is COC(=O)CC1c2ccccc2C(=O)N1[C@@H]1CC[C@@]2(O)[C@H]3Cc4ccc(O)c5c4[C@@]2(CCN3CC2CC2)[C@H]1O5.O=C(O)C(O)C(O)C(=O)O. The molecule has 14 nitrogen and oxygen atoms in total. The molecular formula is C35H40N2O12. The summed E-state index contributed by atoms with van der Waals surface area (Å²) in [5.41, 5.74) is 1.74. The van der Waals surface area contributed by atoms with Gasteiger partial charge in [0.05, 0.1) is 36.6 Å². The van der Waals surface area contributed by atoms with Gasteiger partial charge in [0.1, 0.15) is 6.10 Å². The zero-order valence-electron chi connectivity index (χ0n) is 26.9. The Balaban J connectivity index is 0.000000332. The van der Waals surface area contributed by atoms with Crippen molar-refractivity contribution in [1.82, 2.24) is 9.80 Å². The lowest BCUT2D eigenvalue weighted by molar-refractivity contribution is -0.200. The van der Waals surface area contributed by atoms with Gasteiger partial charge in [-0.05, 0) is 74.2 Å². The van der Waals surface area contributed by atoms with Crippen LogP contribution in [-0.4, -0.2) is 120 Å². The molecule has 6 aliphatic rings. The largest absolute Gasteiger partial charge is 0.504 e. The third-order valence-corrected chi connectivity index (χ3v) is 11.6. The number of esters is 1. The van der Waals surface area contributed by atoms with Crippen LogP contribution in [0.5, 0.6) is 11.5 Å². The van der Waals surface area contributed by atoms with E-state index in [0.717, 1.165) is 36.2 Å². The minimum atomic E-state index is -2.27. The number of carboxylic acids is 2. The minimum absolute atomic E-state index is 0.0285. The van der Waals surface area contributed by atoms with E-state index in [9.17, 15) is 29.4 Å². The molecule has 6 N–H and O–H groups in total. The van der Waals surface area contributed by atoms with E-state index in [1.165, 1.54) is 20.0 Å². The molecule has 3 heterocycles. The van der Waals surface area contributed by atoms with Crippen molar-refractivity contribution >= 4 is 23.8 Å². The number of phenolic OH excluding ortho intramolecular Hbond substituents is 1. The molecule has 3 aliphatic carbocycles. The predicted molar refractivity (Wildman–Crippen MR) is 168 cm³/mol. The number of fused-ring (bicyclic) bond motifs is 1. The standard InChI is InChI=1S/C31H34N2O6.C4H6O6/c1-38-25(35)15-22-19-4-2-3-5-20(19)29(36)33(22)21-10-11-31(37)24-14-18-8-9-23(34)27-26(18)30(31,28(21)39-27)12-13-32(24)16-17-6-7-17;5-1(3(7)8)2(6)4(9)10/h2-5,8-9,17,21-22,24,28,34,37H,6-7,10-16H2,1H3;1-2,5-6H,(H,7,8)(H,9,10)/t21-,22?,24-,28+,30+,31-;/m1./s1. The summed E-state index contributed by atoms with van der Waals surface area (Å²) in [4.78, 5) is 50.4. The maximum Gasteiger partial charge on any atom is 0.335 e. The van der Waals surface area contributed by atoms with Crippen LogP contribution in [0.1, 0.15) is 71.6 Å². The van der Waals surface area contributed by atoms with Crippen molar-refractivity contribution in [1.29, 1.82) is 0 Å². The molecule has 0 radical (unpaired) electrons. The van der Waals surface area contributed by atoms with Gasteiger partial charge in [-0.3, -0.25) is 14.5 Å². The monoisotopic (exact) mass is 680 g/mol. The zero-order chi connectivity index (χ0) is 35.0. The van der Waals surface area contributed by atoms with Gasteiger partial charge in [-0.1, -0.05) is 24.3 Å². The van der Waals surface area contributed by atoms with E-state index in [1.54, 1.807) is 6.07 Å². The summed E-state index contributed by atoms with van der Waals surface area (Å²) in [6, 6.07) is 10.3. The summed E-state index contributed by atoms with van der Waals surface area (Å²) in [7, 11) is 1.37. The van der Waals surface area contributed by atoms with Crippen molar-refractivity contribution in [3.63, 3.8) is 0 Å². The molecule has 49 heavy (non-hydrogen) atoms. The molecule has 14 heteroatoms. The molecule has 262 valence electrons. The average Bonchev–Trinajstić information content (AvgIpc) is 3.77. The Morgan fingerprint density at radius 2 is 1.71 bits per heavy atom. The molecular weight excluding hydrogens is 640 g/mol. The Hall–Kier alpha value is -4.24. The highest BCUT2D eigenvalue weighted by molar-refractivity contribution is 6.00. The van der Waals surface area contributed by atoms with E-state index in [0.29, 0.717) is 36.5 Å². The fourth-order valence-electron chi connectivity index (χ4n) is 9.25. The van der Waals surface area contributed by atoms with Crippen molar-refractivity contribution in [2.45, 2.75) is 92.4 Å². The predicted octanol–water partition coefficient (Wildman–Crippen LogP) is 0.963. The van der Waals surface area contributed by atoms with E-state index in [2.05, 4.69) is 4.90 Å². The number of nitrogens with zero attached hydrogens (tertiary/aromatic N) is 2. The number of likely N-dealkylation sites (tertiary alicyclic amines) is 1. The highest BCUT2D eigenvalue weighted by Crippen LogP contribution is 2.66. The van der Waals surface area contributed by atoms with Crippen LogP contribution in [0.3, 0.4) is 0 Å². The van der Waals surface area contributed by atoms with Crippen molar-refractivity contribution < 1.29 is 59.3 Å². The number of carbonyl (C=O) groups excluding carboxylic acids is 2. The average molecular weight is 681 g/mol. The lowest BCUT2D eigenvalue weighted by Crippen LogP contribution is -2.78. The van der Waals surface area contributed by atoms with Gasteiger partial charge < -0.3 is 45.0 Å². The van der Waals surface area contributed by atoms with Gasteiger partial charge in [-0.25, -0.2) is 9.59 Å². The van der Waals surface area contributed by atoms with Crippen LogP contribution in [-0.2, 0) is 31.0 Å². The molecule has 0 aromatic heterocycles. The highest BCUT2D eigenvalue weighted by atomic mass is 16.5. The number of phenols is 1. The summed E-state index contributed by atoms with van der Waals surface area (Å²) in [5, 5.41) is 56.3. The maximum atomic E-state index is 14.0. The van der Waals surface area contributed by atoms with Crippen molar-refractivity contribution in [2.24, 2.45) is 5.92 Å². The number of benzene rings is 2. The van der Waals surface area contributed by atoms with Gasteiger partial charge in [-0.15, -0.1) is 0 Å². The van der Waals surface area contributed by atoms with Crippen LogP contribution >= 0.6 is 0 Å². The Morgan fingerprint density at radius 1 is 1.02 bits per heavy atom. The minimum Gasteiger partial charge on any atom is -0.504 e. The number of ether oxygens (including phenoxy) is 2. The number of hydrogen-bond donors (Lipinski definition) is 6. The molecule has 1 amide bonds. The van der Waals surface area contributed by atoms with Gasteiger partial charge in [0.25, 0.3) is 5.91 Å². The summed E-state index contributed by atoms with van der Waals surface area (Å²) in [6.07, 6.45) is 0.0318.